The van der Waals surface area contributed by atoms with Gasteiger partial charge in [-0.15, -0.1) is 0 Å². The molecule has 1 amide bonds. The van der Waals surface area contributed by atoms with Crippen molar-refractivity contribution < 1.29 is 14.4 Å². The number of anilines is 1. The average molecular weight is 342 g/mol. The second kappa shape index (κ2) is 5.70. The molecule has 0 radical (unpaired) electrons. The number of nitrogens with zero attached hydrogens (tertiary/aromatic N) is 2. The summed E-state index contributed by atoms with van der Waals surface area (Å²) >= 11 is 3.10. The number of amidine groups is 1. The van der Waals surface area contributed by atoms with E-state index in [1.807, 2.05) is 0 Å². The molecular weight excluding hydrogens is 333 g/mol. The van der Waals surface area contributed by atoms with Crippen LogP contribution in [0.2, 0.25) is 0 Å². The second-order valence-electron chi connectivity index (χ2n) is 3.76. The van der Waals surface area contributed by atoms with Gasteiger partial charge < -0.3 is 16.3 Å². The number of carbonyl (C=O) groups is 1. The minimum Gasteiger partial charge on any atom is -0.409 e. The van der Waals surface area contributed by atoms with Crippen LogP contribution in [0, 0.1) is 5.82 Å². The van der Waals surface area contributed by atoms with Crippen molar-refractivity contribution in [1.82, 2.24) is 10.2 Å². The smallest absolute Gasteiger partial charge is 0.256 e. The van der Waals surface area contributed by atoms with Gasteiger partial charge in [0.05, 0.1) is 11.8 Å². The van der Waals surface area contributed by atoms with Crippen LogP contribution in [0.25, 0.3) is 0 Å². The lowest BCUT2D eigenvalue weighted by Gasteiger charge is -2.05. The van der Waals surface area contributed by atoms with Gasteiger partial charge in [-0.25, -0.2) is 4.39 Å². The van der Waals surface area contributed by atoms with Crippen molar-refractivity contribution >= 4 is 33.5 Å². The first-order valence-electron chi connectivity index (χ1n) is 5.30. The summed E-state index contributed by atoms with van der Waals surface area (Å²) in [6.45, 7) is 0. The van der Waals surface area contributed by atoms with Crippen LogP contribution in [-0.4, -0.2) is 27.1 Å². The highest BCUT2D eigenvalue weighted by Crippen LogP contribution is 2.17. The third-order valence-corrected chi connectivity index (χ3v) is 2.84. The zero-order chi connectivity index (χ0) is 14.7. The van der Waals surface area contributed by atoms with Crippen LogP contribution in [-0.2, 0) is 0 Å². The molecule has 20 heavy (non-hydrogen) atoms. The Labute approximate surface area is 120 Å². The fourth-order valence-corrected chi connectivity index (χ4v) is 1.97. The van der Waals surface area contributed by atoms with Crippen molar-refractivity contribution in [3.05, 3.63) is 45.8 Å². The predicted molar refractivity (Wildman–Crippen MR) is 73.2 cm³/mol. The number of oxime groups is 1. The van der Waals surface area contributed by atoms with Gasteiger partial charge in [-0.1, -0.05) is 21.1 Å². The van der Waals surface area contributed by atoms with Gasteiger partial charge in [0.2, 0.25) is 0 Å². The van der Waals surface area contributed by atoms with Gasteiger partial charge in [0.25, 0.3) is 5.91 Å². The number of carbonyl (C=O) groups excluding carboxylic acids is 1. The Morgan fingerprint density at radius 2 is 2.25 bits per heavy atom. The Kier molecular flexibility index (Phi) is 3.99. The summed E-state index contributed by atoms with van der Waals surface area (Å²) in [5.41, 5.74) is 5.75. The summed E-state index contributed by atoms with van der Waals surface area (Å²) in [4.78, 5) is 12.0. The van der Waals surface area contributed by atoms with Crippen LogP contribution in [0.4, 0.5) is 10.2 Å². The quantitative estimate of drug-likeness (QED) is 0.294. The lowest BCUT2D eigenvalue weighted by molar-refractivity contribution is 0.102. The summed E-state index contributed by atoms with van der Waals surface area (Å²) in [6.07, 6.45) is 1.28. The summed E-state index contributed by atoms with van der Waals surface area (Å²) in [5, 5.41) is 20.1. The Morgan fingerprint density at radius 3 is 2.90 bits per heavy atom. The highest BCUT2D eigenvalue weighted by atomic mass is 79.9. The van der Waals surface area contributed by atoms with Crippen molar-refractivity contribution in [1.29, 1.82) is 0 Å². The van der Waals surface area contributed by atoms with E-state index in [1.54, 1.807) is 0 Å². The normalized spacial score (nSPS) is 11.4. The first-order valence-corrected chi connectivity index (χ1v) is 6.09. The molecule has 0 spiro atoms. The molecule has 0 unspecified atom stereocenters. The number of hydrogen-bond acceptors (Lipinski definition) is 4. The summed E-state index contributed by atoms with van der Waals surface area (Å²) in [6, 6.07) is 3.77. The van der Waals surface area contributed by atoms with Gasteiger partial charge in [-0.2, -0.15) is 5.10 Å². The molecule has 9 heteroatoms. The Bertz CT molecular complexity index is 665. The van der Waals surface area contributed by atoms with Gasteiger partial charge >= 0.3 is 0 Å². The van der Waals surface area contributed by atoms with E-state index in [0.717, 1.165) is 6.07 Å². The lowest BCUT2D eigenvalue weighted by atomic mass is 10.2. The van der Waals surface area contributed by atoms with Gasteiger partial charge in [-0.3, -0.25) is 9.89 Å². The molecule has 2 aromatic rings. The minimum atomic E-state index is -0.568. The molecular formula is C11H9BrFN5O2. The molecule has 1 aromatic heterocycles. The summed E-state index contributed by atoms with van der Waals surface area (Å²) < 4.78 is 13.7. The van der Waals surface area contributed by atoms with E-state index in [0.29, 0.717) is 4.47 Å². The molecule has 7 nitrogen and oxygen atoms in total. The lowest BCUT2D eigenvalue weighted by Crippen LogP contribution is -2.18. The van der Waals surface area contributed by atoms with E-state index in [4.69, 9.17) is 10.9 Å². The van der Waals surface area contributed by atoms with E-state index >= 15 is 0 Å². The van der Waals surface area contributed by atoms with E-state index in [9.17, 15) is 9.18 Å². The number of halogens is 2. The standard InChI is InChI=1S/C11H9BrFN5O2/c12-6-1-5(2-7(13)3-6)11(19)16-10-8(4-15-17-10)9(14)18-20/h1-4,20H,(H2,14,18)(H2,15,16,17,19). The van der Waals surface area contributed by atoms with Crippen LogP contribution in [0.15, 0.2) is 34.0 Å². The van der Waals surface area contributed by atoms with Crippen molar-refractivity contribution in [2.24, 2.45) is 10.9 Å². The number of H-pyrrole nitrogens is 1. The Morgan fingerprint density at radius 1 is 1.50 bits per heavy atom. The SMILES string of the molecule is NC(=NO)c1cn[nH]c1NC(=O)c1cc(F)cc(Br)c1. The Hall–Kier alpha value is -2.42. The largest absolute Gasteiger partial charge is 0.409 e. The molecule has 0 atom stereocenters. The Balaban J connectivity index is 2.26. The van der Waals surface area contributed by atoms with E-state index < -0.39 is 11.7 Å². The van der Waals surface area contributed by atoms with Crippen LogP contribution >= 0.6 is 15.9 Å². The highest BCUT2D eigenvalue weighted by Gasteiger charge is 2.14. The van der Waals surface area contributed by atoms with Crippen LogP contribution < -0.4 is 11.1 Å². The molecule has 0 fully saturated rings. The molecule has 104 valence electrons. The van der Waals surface area contributed by atoms with Gasteiger partial charge in [0.15, 0.2) is 5.84 Å². The van der Waals surface area contributed by atoms with Crippen molar-refractivity contribution in [2.45, 2.75) is 0 Å². The summed E-state index contributed by atoms with van der Waals surface area (Å²) in [5.74, 6) is -1.19. The molecule has 0 saturated carbocycles. The topological polar surface area (TPSA) is 116 Å². The predicted octanol–water partition coefficient (Wildman–Crippen LogP) is 1.66. The molecule has 1 aromatic carbocycles. The molecule has 5 N–H and O–H groups in total. The molecule has 0 aliphatic carbocycles. The highest BCUT2D eigenvalue weighted by molar-refractivity contribution is 9.10. The van der Waals surface area contributed by atoms with Crippen LogP contribution in [0.1, 0.15) is 15.9 Å². The molecule has 0 saturated heterocycles. The third-order valence-electron chi connectivity index (χ3n) is 2.39. The number of amides is 1. The first kappa shape index (κ1) is 14.0. The van der Waals surface area contributed by atoms with Crippen molar-refractivity contribution in [2.75, 3.05) is 5.32 Å². The number of nitrogens with two attached hydrogens (primary N) is 1. The average Bonchev–Trinajstić information content (AvgIpc) is 2.84. The van der Waals surface area contributed by atoms with Crippen molar-refractivity contribution in [3.63, 3.8) is 0 Å². The number of aromatic amines is 1. The fourth-order valence-electron chi connectivity index (χ4n) is 1.50. The minimum absolute atomic E-state index is 0.108. The zero-order valence-electron chi connectivity index (χ0n) is 9.89. The maximum Gasteiger partial charge on any atom is 0.256 e. The molecule has 0 aliphatic rings. The summed E-state index contributed by atoms with van der Waals surface area (Å²) in [7, 11) is 0. The number of rotatable bonds is 3. The van der Waals surface area contributed by atoms with Gasteiger partial charge in [-0.05, 0) is 18.2 Å². The number of hydrogen-bond donors (Lipinski definition) is 4. The van der Waals surface area contributed by atoms with Gasteiger partial charge in [0, 0.05) is 10.0 Å². The van der Waals surface area contributed by atoms with Crippen molar-refractivity contribution in [3.8, 4) is 0 Å². The fraction of sp³-hybridized carbons (Fsp3) is 0. The molecule has 0 bridgehead atoms. The maximum atomic E-state index is 13.2. The third kappa shape index (κ3) is 2.94. The van der Waals surface area contributed by atoms with E-state index in [-0.39, 0.29) is 22.8 Å². The zero-order valence-corrected chi connectivity index (χ0v) is 11.5. The number of aromatic nitrogens is 2. The molecule has 0 aliphatic heterocycles. The van der Waals surface area contributed by atoms with E-state index in [1.165, 1.54) is 18.3 Å². The maximum absolute atomic E-state index is 13.2. The van der Waals surface area contributed by atoms with Gasteiger partial charge in [0.1, 0.15) is 11.6 Å². The molecule has 1 heterocycles. The number of nitrogens with one attached hydrogen (secondary N) is 2. The van der Waals surface area contributed by atoms with Crippen LogP contribution in [0.3, 0.4) is 0 Å². The first-order chi connectivity index (χ1) is 9.51. The van der Waals surface area contributed by atoms with Crippen LogP contribution in [0.5, 0.6) is 0 Å². The van der Waals surface area contributed by atoms with E-state index in [2.05, 4.69) is 36.6 Å². The number of benzene rings is 1. The monoisotopic (exact) mass is 341 g/mol. The second-order valence-corrected chi connectivity index (χ2v) is 4.67. The molecule has 2 rings (SSSR count).